The quantitative estimate of drug-likeness (QED) is 0.592. The topological polar surface area (TPSA) is 72.2 Å². The van der Waals surface area contributed by atoms with Crippen molar-refractivity contribution in [3.8, 4) is 11.5 Å². The number of aryl methyl sites for hydroxylation is 1. The highest BCUT2D eigenvalue weighted by atomic mass is 16.2. The molecule has 2 aromatic heterocycles. The van der Waals surface area contributed by atoms with Crippen molar-refractivity contribution in [2.75, 3.05) is 13.1 Å². The van der Waals surface area contributed by atoms with E-state index < -0.39 is 0 Å². The molecule has 0 unspecified atom stereocenters. The third kappa shape index (κ3) is 4.77. The summed E-state index contributed by atoms with van der Waals surface area (Å²) in [6.45, 7) is 5.30. The molecule has 1 saturated heterocycles. The van der Waals surface area contributed by atoms with E-state index >= 15 is 0 Å². The molecule has 0 radical (unpaired) electrons. The lowest BCUT2D eigenvalue weighted by atomic mass is 9.85. The van der Waals surface area contributed by atoms with Crippen LogP contribution in [0.4, 0.5) is 0 Å². The first-order chi connectivity index (χ1) is 17.0. The number of para-hydroxylation sites is 1. The van der Waals surface area contributed by atoms with Gasteiger partial charge in [-0.25, -0.2) is 4.68 Å². The number of carbonyl (C=O) groups excluding carboxylic acids is 2. The number of nitrogens with zero attached hydrogens (tertiary/aromatic N) is 4. The molecule has 7 nitrogen and oxygen atoms in total. The monoisotopic (exact) mass is 473 g/mol. The summed E-state index contributed by atoms with van der Waals surface area (Å²) in [5, 5.41) is 8.07. The number of amides is 2. The average molecular weight is 474 g/mol. The fourth-order valence-electron chi connectivity index (χ4n) is 5.56. The Bertz CT molecular complexity index is 1160. The first-order valence-electron chi connectivity index (χ1n) is 12.9. The molecule has 1 aliphatic carbocycles. The smallest absolute Gasteiger partial charge is 0.259 e. The molecule has 2 fully saturated rings. The van der Waals surface area contributed by atoms with Crippen LogP contribution >= 0.6 is 0 Å². The van der Waals surface area contributed by atoms with Crippen molar-refractivity contribution in [2.24, 2.45) is 11.8 Å². The highest BCUT2D eigenvalue weighted by Gasteiger charge is 2.33. The van der Waals surface area contributed by atoms with Gasteiger partial charge in [-0.2, -0.15) is 5.10 Å². The van der Waals surface area contributed by atoms with Crippen molar-refractivity contribution in [1.29, 1.82) is 0 Å². The average Bonchev–Trinajstić information content (AvgIpc) is 3.53. The maximum atomic E-state index is 13.8. The van der Waals surface area contributed by atoms with E-state index in [9.17, 15) is 9.59 Å². The molecule has 0 spiro atoms. The van der Waals surface area contributed by atoms with Crippen molar-refractivity contribution in [2.45, 2.75) is 58.4 Å². The third-order valence-electron chi connectivity index (χ3n) is 7.69. The van der Waals surface area contributed by atoms with Crippen LogP contribution in [0.25, 0.3) is 11.5 Å². The minimum Gasteiger partial charge on any atom is -0.353 e. The Balaban J connectivity index is 1.32. The van der Waals surface area contributed by atoms with Crippen LogP contribution in [0, 0.1) is 18.8 Å². The Labute approximate surface area is 207 Å². The van der Waals surface area contributed by atoms with Crippen LogP contribution in [0.2, 0.25) is 0 Å². The second kappa shape index (κ2) is 10.1. The van der Waals surface area contributed by atoms with E-state index in [1.54, 1.807) is 0 Å². The van der Waals surface area contributed by atoms with Crippen LogP contribution < -0.4 is 5.32 Å². The van der Waals surface area contributed by atoms with Crippen LogP contribution in [-0.4, -0.2) is 50.2 Å². The van der Waals surface area contributed by atoms with Gasteiger partial charge < -0.3 is 14.8 Å². The molecule has 7 heteroatoms. The lowest BCUT2D eigenvalue weighted by Crippen LogP contribution is -2.47. The number of benzene rings is 1. The molecule has 2 aliphatic rings. The Morgan fingerprint density at radius 1 is 0.943 bits per heavy atom. The van der Waals surface area contributed by atoms with Gasteiger partial charge in [0.15, 0.2) is 5.82 Å². The second-order valence-electron chi connectivity index (χ2n) is 10.1. The molecule has 2 atom stereocenters. The van der Waals surface area contributed by atoms with E-state index in [1.165, 1.54) is 19.3 Å². The molecule has 3 aromatic rings. The number of carbonyl (C=O) groups is 2. The van der Waals surface area contributed by atoms with Crippen molar-refractivity contribution in [3.05, 3.63) is 66.1 Å². The highest BCUT2D eigenvalue weighted by Crippen LogP contribution is 2.28. The van der Waals surface area contributed by atoms with Crippen molar-refractivity contribution in [1.82, 2.24) is 24.6 Å². The summed E-state index contributed by atoms with van der Waals surface area (Å²) in [5.41, 5.74) is 2.23. The summed E-state index contributed by atoms with van der Waals surface area (Å²) in [6, 6.07) is 14.1. The molecule has 1 aromatic carbocycles. The summed E-state index contributed by atoms with van der Waals surface area (Å²) in [7, 11) is 0. The second-order valence-corrected chi connectivity index (χ2v) is 10.1. The maximum Gasteiger partial charge on any atom is 0.259 e. The van der Waals surface area contributed by atoms with E-state index in [0.717, 1.165) is 17.9 Å². The summed E-state index contributed by atoms with van der Waals surface area (Å²) in [5.74, 6) is 1.41. The lowest BCUT2D eigenvalue weighted by molar-refractivity contribution is -0.127. The standard InChI is InChI=1S/C28H35N5O2/c1-20-10-6-7-13-24(20)29-26(34)22-14-18-32(19-15-22)28(35)25-21(2)30-33(23-11-4-3-5-12-23)27(25)31-16-8-9-17-31/h3-5,8-9,11-12,16-17,20,22,24H,6-7,10,13-15,18-19H2,1-2H3,(H,29,34)/t20-,24-/m1/s1. The first-order valence-corrected chi connectivity index (χ1v) is 12.9. The Kier molecular flexibility index (Phi) is 6.75. The molecule has 35 heavy (non-hydrogen) atoms. The zero-order chi connectivity index (χ0) is 24.4. The van der Waals surface area contributed by atoms with Crippen molar-refractivity contribution < 1.29 is 9.59 Å². The number of hydrogen-bond donors (Lipinski definition) is 1. The summed E-state index contributed by atoms with van der Waals surface area (Å²) >= 11 is 0. The largest absolute Gasteiger partial charge is 0.353 e. The summed E-state index contributed by atoms with van der Waals surface area (Å²) < 4.78 is 3.79. The van der Waals surface area contributed by atoms with Gasteiger partial charge in [0.1, 0.15) is 5.56 Å². The lowest BCUT2D eigenvalue weighted by Gasteiger charge is -2.34. The van der Waals surface area contributed by atoms with Gasteiger partial charge in [0.25, 0.3) is 5.91 Å². The molecule has 1 saturated carbocycles. The van der Waals surface area contributed by atoms with Gasteiger partial charge >= 0.3 is 0 Å². The minimum atomic E-state index is -0.0229. The summed E-state index contributed by atoms with van der Waals surface area (Å²) in [6.07, 6.45) is 10.0. The van der Waals surface area contributed by atoms with Crippen LogP contribution in [0.15, 0.2) is 54.9 Å². The van der Waals surface area contributed by atoms with E-state index in [1.807, 2.05) is 75.9 Å². The van der Waals surface area contributed by atoms with Crippen LogP contribution in [0.5, 0.6) is 0 Å². The number of likely N-dealkylation sites (tertiary alicyclic amines) is 1. The molecule has 5 rings (SSSR count). The van der Waals surface area contributed by atoms with Gasteiger partial charge in [0.05, 0.1) is 11.4 Å². The van der Waals surface area contributed by atoms with Crippen molar-refractivity contribution >= 4 is 11.8 Å². The van der Waals surface area contributed by atoms with E-state index in [0.29, 0.717) is 49.1 Å². The summed E-state index contributed by atoms with van der Waals surface area (Å²) in [4.78, 5) is 28.6. The van der Waals surface area contributed by atoms with Gasteiger partial charge in [-0.05, 0) is 62.8 Å². The van der Waals surface area contributed by atoms with Gasteiger partial charge in [0, 0.05) is 37.4 Å². The third-order valence-corrected chi connectivity index (χ3v) is 7.69. The maximum absolute atomic E-state index is 13.8. The number of hydrogen-bond acceptors (Lipinski definition) is 3. The van der Waals surface area contributed by atoms with Gasteiger partial charge in [-0.15, -0.1) is 0 Å². The molecule has 1 aliphatic heterocycles. The van der Waals surface area contributed by atoms with E-state index in [-0.39, 0.29) is 17.7 Å². The molecule has 184 valence electrons. The molecule has 2 amide bonds. The zero-order valence-electron chi connectivity index (χ0n) is 20.7. The molecule has 1 N–H and O–H groups in total. The zero-order valence-corrected chi connectivity index (χ0v) is 20.7. The Morgan fingerprint density at radius 2 is 1.63 bits per heavy atom. The van der Waals surface area contributed by atoms with Crippen LogP contribution in [0.3, 0.4) is 0 Å². The van der Waals surface area contributed by atoms with Crippen molar-refractivity contribution in [3.63, 3.8) is 0 Å². The van der Waals surface area contributed by atoms with Crippen LogP contribution in [0.1, 0.15) is 61.5 Å². The fraction of sp³-hybridized carbons (Fsp3) is 0.464. The SMILES string of the molecule is Cc1nn(-c2ccccc2)c(-n2cccc2)c1C(=O)N1CCC(C(=O)N[C@@H]2CCCC[C@H]2C)CC1. The van der Waals surface area contributed by atoms with Gasteiger partial charge in [-0.1, -0.05) is 38.0 Å². The molecule has 3 heterocycles. The predicted molar refractivity (Wildman–Crippen MR) is 136 cm³/mol. The minimum absolute atomic E-state index is 0.0202. The number of rotatable bonds is 5. The normalized spacial score (nSPS) is 21.1. The Morgan fingerprint density at radius 3 is 2.31 bits per heavy atom. The molecule has 0 bridgehead atoms. The number of nitrogens with one attached hydrogen (secondary N) is 1. The highest BCUT2D eigenvalue weighted by molar-refractivity contribution is 5.99. The first kappa shape index (κ1) is 23.4. The van der Waals surface area contributed by atoms with Crippen LogP contribution in [-0.2, 0) is 4.79 Å². The van der Waals surface area contributed by atoms with Gasteiger partial charge in [0.2, 0.25) is 5.91 Å². The van der Waals surface area contributed by atoms with E-state index in [4.69, 9.17) is 5.10 Å². The Hall–Kier alpha value is -3.35. The fourth-order valence-corrected chi connectivity index (χ4v) is 5.56. The molecular formula is C28H35N5O2. The molecular weight excluding hydrogens is 438 g/mol. The predicted octanol–water partition coefficient (Wildman–Crippen LogP) is 4.52. The number of piperidine rings is 1. The number of aromatic nitrogens is 3. The van der Waals surface area contributed by atoms with Gasteiger partial charge in [-0.3, -0.25) is 9.59 Å². The van der Waals surface area contributed by atoms with E-state index in [2.05, 4.69) is 12.2 Å².